The van der Waals surface area contributed by atoms with Crippen LogP contribution in [0.25, 0.3) is 0 Å². The average molecular weight is 477 g/mol. The van der Waals surface area contributed by atoms with Crippen molar-refractivity contribution in [2.45, 2.75) is 38.5 Å². The monoisotopic (exact) mass is 476 g/mol. The predicted molar refractivity (Wildman–Crippen MR) is 125 cm³/mol. The minimum absolute atomic E-state index is 0.0149. The topological polar surface area (TPSA) is 49.4 Å². The Hall–Kier alpha value is -1.79. The summed E-state index contributed by atoms with van der Waals surface area (Å²) in [5, 5.41) is 2.87. The normalized spacial score (nSPS) is 11.7. The maximum absolute atomic E-state index is 13.0. The van der Waals surface area contributed by atoms with Gasteiger partial charge in [-0.05, 0) is 43.0 Å². The standard InChI is InChI=1S/C23H29BrN2O2S/c1-3-21(23(28)25-4-2)26(15-14-18-8-6-5-7-9-18)22(27)17-29-16-19-10-12-20(24)13-11-19/h5-13,21H,3-4,14-17H2,1-2H3,(H,25,28)/t21-/m1/s1. The van der Waals surface area contributed by atoms with E-state index in [1.54, 1.807) is 16.7 Å². The number of hydrogen-bond acceptors (Lipinski definition) is 3. The van der Waals surface area contributed by atoms with Crippen LogP contribution in [0, 0.1) is 0 Å². The first-order valence-electron chi connectivity index (χ1n) is 9.98. The lowest BCUT2D eigenvalue weighted by atomic mass is 10.1. The highest BCUT2D eigenvalue weighted by atomic mass is 79.9. The second-order valence-electron chi connectivity index (χ2n) is 6.76. The van der Waals surface area contributed by atoms with E-state index in [0.717, 1.165) is 16.6 Å². The number of halogens is 1. The summed E-state index contributed by atoms with van der Waals surface area (Å²) in [6.45, 7) is 4.96. The average Bonchev–Trinajstić information content (AvgIpc) is 2.73. The fraction of sp³-hybridized carbons (Fsp3) is 0.391. The van der Waals surface area contributed by atoms with Gasteiger partial charge in [0.2, 0.25) is 11.8 Å². The fourth-order valence-corrected chi connectivity index (χ4v) is 4.24. The van der Waals surface area contributed by atoms with Gasteiger partial charge < -0.3 is 10.2 Å². The molecule has 29 heavy (non-hydrogen) atoms. The van der Waals surface area contributed by atoms with E-state index >= 15 is 0 Å². The Labute approximate surface area is 186 Å². The Morgan fingerprint density at radius 1 is 1.03 bits per heavy atom. The minimum atomic E-state index is -0.431. The van der Waals surface area contributed by atoms with Crippen molar-refractivity contribution in [1.82, 2.24) is 10.2 Å². The molecule has 4 nitrogen and oxygen atoms in total. The van der Waals surface area contributed by atoms with Gasteiger partial charge in [-0.2, -0.15) is 0 Å². The number of benzene rings is 2. The lowest BCUT2D eigenvalue weighted by Gasteiger charge is -2.30. The first kappa shape index (κ1) is 23.5. The summed E-state index contributed by atoms with van der Waals surface area (Å²) in [6, 6.07) is 17.8. The van der Waals surface area contributed by atoms with Gasteiger partial charge in [0.1, 0.15) is 6.04 Å². The van der Waals surface area contributed by atoms with E-state index in [2.05, 4.69) is 45.5 Å². The van der Waals surface area contributed by atoms with Crippen LogP contribution in [0.2, 0.25) is 0 Å². The maximum atomic E-state index is 13.0. The number of rotatable bonds is 11. The quantitative estimate of drug-likeness (QED) is 0.512. The van der Waals surface area contributed by atoms with Crippen LogP contribution in [0.15, 0.2) is 59.1 Å². The third-order valence-corrected chi connectivity index (χ3v) is 6.15. The Morgan fingerprint density at radius 2 is 1.72 bits per heavy atom. The molecule has 156 valence electrons. The number of nitrogens with one attached hydrogen (secondary N) is 1. The summed E-state index contributed by atoms with van der Waals surface area (Å²) in [5.41, 5.74) is 2.34. The molecule has 2 aromatic rings. The summed E-state index contributed by atoms with van der Waals surface area (Å²) in [4.78, 5) is 27.3. The Bertz CT molecular complexity index is 768. The van der Waals surface area contributed by atoms with Crippen molar-refractivity contribution in [2.75, 3.05) is 18.8 Å². The molecule has 1 N–H and O–H groups in total. The van der Waals surface area contributed by atoms with E-state index in [9.17, 15) is 9.59 Å². The third-order valence-electron chi connectivity index (χ3n) is 4.63. The zero-order valence-electron chi connectivity index (χ0n) is 17.1. The van der Waals surface area contributed by atoms with Gasteiger partial charge in [-0.1, -0.05) is 65.3 Å². The van der Waals surface area contributed by atoms with Crippen molar-refractivity contribution in [3.8, 4) is 0 Å². The molecule has 2 rings (SSSR count). The molecule has 0 aliphatic heterocycles. The largest absolute Gasteiger partial charge is 0.355 e. The van der Waals surface area contributed by atoms with Gasteiger partial charge >= 0.3 is 0 Å². The number of carbonyl (C=O) groups excluding carboxylic acids is 2. The zero-order chi connectivity index (χ0) is 21.1. The van der Waals surface area contributed by atoms with Crippen LogP contribution in [-0.4, -0.2) is 41.6 Å². The van der Waals surface area contributed by atoms with Gasteiger partial charge in [0.05, 0.1) is 5.75 Å². The van der Waals surface area contributed by atoms with Crippen LogP contribution >= 0.6 is 27.7 Å². The van der Waals surface area contributed by atoms with Crippen LogP contribution in [0.3, 0.4) is 0 Å². The summed E-state index contributed by atoms with van der Waals surface area (Å²) in [6.07, 6.45) is 1.34. The van der Waals surface area contributed by atoms with Crippen LogP contribution in [0.5, 0.6) is 0 Å². The molecule has 2 aromatic carbocycles. The van der Waals surface area contributed by atoms with Crippen LogP contribution in [0.4, 0.5) is 0 Å². The first-order chi connectivity index (χ1) is 14.0. The molecule has 0 bridgehead atoms. The number of likely N-dealkylation sites (N-methyl/N-ethyl adjacent to an activating group) is 1. The van der Waals surface area contributed by atoms with E-state index in [0.29, 0.717) is 25.3 Å². The molecule has 0 saturated carbocycles. The van der Waals surface area contributed by atoms with Gasteiger partial charge in [0.25, 0.3) is 0 Å². The van der Waals surface area contributed by atoms with Crippen molar-refractivity contribution >= 4 is 39.5 Å². The van der Waals surface area contributed by atoms with Gasteiger partial charge in [0.15, 0.2) is 0 Å². The van der Waals surface area contributed by atoms with Crippen molar-refractivity contribution in [1.29, 1.82) is 0 Å². The van der Waals surface area contributed by atoms with Gasteiger partial charge in [-0.15, -0.1) is 11.8 Å². The fourth-order valence-electron chi connectivity index (χ4n) is 3.11. The molecular formula is C23H29BrN2O2S. The number of hydrogen-bond donors (Lipinski definition) is 1. The second-order valence-corrected chi connectivity index (χ2v) is 8.66. The second kappa shape index (κ2) is 12.7. The summed E-state index contributed by atoms with van der Waals surface area (Å²) in [7, 11) is 0. The van der Waals surface area contributed by atoms with E-state index < -0.39 is 6.04 Å². The summed E-state index contributed by atoms with van der Waals surface area (Å²) in [5.74, 6) is 1.07. The van der Waals surface area contributed by atoms with Crippen molar-refractivity contribution in [3.63, 3.8) is 0 Å². The molecule has 0 aromatic heterocycles. The Kier molecular flexibility index (Phi) is 10.3. The first-order valence-corrected chi connectivity index (χ1v) is 11.9. The highest BCUT2D eigenvalue weighted by Crippen LogP contribution is 2.18. The third kappa shape index (κ3) is 7.86. The predicted octanol–water partition coefficient (Wildman–Crippen LogP) is 4.67. The molecule has 0 fully saturated rings. The number of carbonyl (C=O) groups is 2. The molecule has 1 atom stereocenters. The molecule has 2 amide bonds. The molecule has 0 aliphatic rings. The molecule has 0 aliphatic carbocycles. The highest BCUT2D eigenvalue weighted by molar-refractivity contribution is 9.10. The Balaban J connectivity index is 2.02. The minimum Gasteiger partial charge on any atom is -0.355 e. The van der Waals surface area contributed by atoms with Gasteiger partial charge in [-0.3, -0.25) is 9.59 Å². The SMILES string of the molecule is CCNC(=O)[C@@H](CC)N(CCc1ccccc1)C(=O)CSCc1ccc(Br)cc1. The van der Waals surface area contributed by atoms with Gasteiger partial charge in [0, 0.05) is 23.3 Å². The molecule has 0 saturated heterocycles. The van der Waals surface area contributed by atoms with Crippen LogP contribution in [0.1, 0.15) is 31.4 Å². The van der Waals surface area contributed by atoms with Crippen molar-refractivity contribution in [2.24, 2.45) is 0 Å². The van der Waals surface area contributed by atoms with E-state index in [4.69, 9.17) is 0 Å². The summed E-state index contributed by atoms with van der Waals surface area (Å²) >= 11 is 5.02. The molecule has 0 unspecified atom stereocenters. The number of nitrogens with zero attached hydrogens (tertiary/aromatic N) is 1. The summed E-state index contributed by atoms with van der Waals surface area (Å²) < 4.78 is 1.04. The van der Waals surface area contributed by atoms with E-state index in [1.165, 1.54) is 11.1 Å². The maximum Gasteiger partial charge on any atom is 0.242 e. The number of amides is 2. The van der Waals surface area contributed by atoms with Gasteiger partial charge in [-0.25, -0.2) is 0 Å². The molecular weight excluding hydrogens is 448 g/mol. The number of thioether (sulfide) groups is 1. The molecule has 0 radical (unpaired) electrons. The smallest absolute Gasteiger partial charge is 0.242 e. The lowest BCUT2D eigenvalue weighted by molar-refractivity contribution is -0.138. The molecule has 0 heterocycles. The highest BCUT2D eigenvalue weighted by Gasteiger charge is 2.27. The van der Waals surface area contributed by atoms with E-state index in [-0.39, 0.29) is 11.8 Å². The zero-order valence-corrected chi connectivity index (χ0v) is 19.5. The van der Waals surface area contributed by atoms with Crippen LogP contribution in [-0.2, 0) is 21.8 Å². The van der Waals surface area contributed by atoms with Crippen molar-refractivity contribution < 1.29 is 9.59 Å². The van der Waals surface area contributed by atoms with Crippen LogP contribution < -0.4 is 5.32 Å². The van der Waals surface area contributed by atoms with E-state index in [1.807, 2.05) is 44.2 Å². The lowest BCUT2D eigenvalue weighted by Crippen LogP contribution is -2.50. The van der Waals surface area contributed by atoms with Crippen molar-refractivity contribution in [3.05, 3.63) is 70.2 Å². The Morgan fingerprint density at radius 3 is 2.34 bits per heavy atom. The molecule has 0 spiro atoms. The molecule has 6 heteroatoms.